The Morgan fingerprint density at radius 1 is 1.38 bits per heavy atom. The molecule has 1 aliphatic rings. The molecule has 1 saturated heterocycles. The number of carbonyl (C=O) groups excluding carboxylic acids is 1. The molecule has 2 atom stereocenters. The number of carbonyl (C=O) groups is 1. The number of aromatic nitrogens is 1. The van der Waals surface area contributed by atoms with E-state index in [1.165, 1.54) is 5.56 Å². The number of halogens is 1. The molecule has 2 aromatic rings. The Balaban J connectivity index is 1.51. The summed E-state index contributed by atoms with van der Waals surface area (Å²) in [5.74, 6) is 0.530. The number of rotatable bonds is 5. The summed E-state index contributed by atoms with van der Waals surface area (Å²) in [5, 5.41) is 3.72. The van der Waals surface area contributed by atoms with Gasteiger partial charge in [-0.1, -0.05) is 29.8 Å². The van der Waals surface area contributed by atoms with Crippen LogP contribution < -0.4 is 5.32 Å². The number of pyridine rings is 1. The Morgan fingerprint density at radius 2 is 2.17 bits per heavy atom. The Hall–Kier alpha value is -1.91. The van der Waals surface area contributed by atoms with Crippen molar-refractivity contribution >= 4 is 17.5 Å². The second-order valence-electron chi connectivity index (χ2n) is 6.29. The van der Waals surface area contributed by atoms with E-state index in [0.29, 0.717) is 17.5 Å². The van der Waals surface area contributed by atoms with Crippen LogP contribution in [-0.4, -0.2) is 34.9 Å². The second-order valence-corrected chi connectivity index (χ2v) is 6.72. The van der Waals surface area contributed by atoms with Gasteiger partial charge in [0.1, 0.15) is 0 Å². The second kappa shape index (κ2) is 7.77. The molecule has 1 aromatic heterocycles. The van der Waals surface area contributed by atoms with Gasteiger partial charge >= 0.3 is 0 Å². The average Bonchev–Trinajstić information content (AvgIpc) is 3.11. The number of hydrogen-bond acceptors (Lipinski definition) is 3. The fraction of sp³-hybridized carbons (Fsp3) is 0.368. The van der Waals surface area contributed by atoms with Crippen molar-refractivity contribution in [2.24, 2.45) is 0 Å². The predicted molar refractivity (Wildman–Crippen MR) is 95.9 cm³/mol. The van der Waals surface area contributed by atoms with E-state index < -0.39 is 0 Å². The fourth-order valence-corrected chi connectivity index (χ4v) is 3.26. The molecule has 126 valence electrons. The van der Waals surface area contributed by atoms with Crippen molar-refractivity contribution in [1.82, 2.24) is 15.2 Å². The molecule has 0 bridgehead atoms. The standard InChI is InChI=1S/C19H22ClN3O/c1-14(19(24)22-11-15-4-6-18(20)7-5-15)23-10-8-17(13-23)16-3-2-9-21-12-16/h2-7,9,12,14,17H,8,10-11,13H2,1H3,(H,22,24). The molecular weight excluding hydrogens is 322 g/mol. The minimum atomic E-state index is -0.126. The van der Waals surface area contributed by atoms with E-state index in [2.05, 4.69) is 21.3 Å². The van der Waals surface area contributed by atoms with Crippen molar-refractivity contribution in [3.8, 4) is 0 Å². The average molecular weight is 344 g/mol. The smallest absolute Gasteiger partial charge is 0.237 e. The lowest BCUT2D eigenvalue weighted by Gasteiger charge is -2.23. The molecule has 1 aliphatic heterocycles. The number of benzene rings is 1. The first kappa shape index (κ1) is 16.9. The zero-order chi connectivity index (χ0) is 16.9. The fourth-order valence-electron chi connectivity index (χ4n) is 3.13. The number of nitrogens with one attached hydrogen (secondary N) is 1. The Bertz CT molecular complexity index is 675. The number of amides is 1. The molecule has 24 heavy (non-hydrogen) atoms. The van der Waals surface area contributed by atoms with Gasteiger partial charge in [-0.2, -0.15) is 0 Å². The highest BCUT2D eigenvalue weighted by Gasteiger charge is 2.30. The summed E-state index contributed by atoms with van der Waals surface area (Å²) >= 11 is 5.88. The molecule has 1 aromatic carbocycles. The Morgan fingerprint density at radius 3 is 2.88 bits per heavy atom. The minimum Gasteiger partial charge on any atom is -0.351 e. The van der Waals surface area contributed by atoms with Crippen LogP contribution in [-0.2, 0) is 11.3 Å². The first-order chi connectivity index (χ1) is 11.6. The summed E-state index contributed by atoms with van der Waals surface area (Å²) in [5.41, 5.74) is 2.31. The van der Waals surface area contributed by atoms with Crippen molar-refractivity contribution in [3.05, 3.63) is 64.9 Å². The van der Waals surface area contributed by atoms with E-state index in [1.54, 1.807) is 6.20 Å². The zero-order valence-corrected chi connectivity index (χ0v) is 14.5. The largest absolute Gasteiger partial charge is 0.351 e. The monoisotopic (exact) mass is 343 g/mol. The Kier molecular flexibility index (Phi) is 5.48. The molecule has 0 radical (unpaired) electrons. The quantitative estimate of drug-likeness (QED) is 0.906. The van der Waals surface area contributed by atoms with Crippen LogP contribution >= 0.6 is 11.6 Å². The van der Waals surface area contributed by atoms with Gasteiger partial charge in [0.15, 0.2) is 0 Å². The first-order valence-electron chi connectivity index (χ1n) is 8.29. The zero-order valence-electron chi connectivity index (χ0n) is 13.8. The summed E-state index contributed by atoms with van der Waals surface area (Å²) in [7, 11) is 0. The first-order valence-corrected chi connectivity index (χ1v) is 8.67. The lowest BCUT2D eigenvalue weighted by atomic mass is 10.0. The predicted octanol–water partition coefficient (Wildman–Crippen LogP) is 3.23. The maximum absolute atomic E-state index is 12.4. The van der Waals surface area contributed by atoms with Gasteiger partial charge < -0.3 is 5.32 Å². The third kappa shape index (κ3) is 4.13. The molecule has 0 aliphatic carbocycles. The van der Waals surface area contributed by atoms with Crippen LogP contribution in [0, 0.1) is 0 Å². The highest BCUT2D eigenvalue weighted by atomic mass is 35.5. The third-order valence-corrected chi connectivity index (χ3v) is 4.93. The molecule has 2 heterocycles. The van der Waals surface area contributed by atoms with Crippen LogP contribution in [0.15, 0.2) is 48.8 Å². The highest BCUT2D eigenvalue weighted by molar-refractivity contribution is 6.30. The SMILES string of the molecule is CC(C(=O)NCc1ccc(Cl)cc1)N1CCC(c2cccnc2)C1. The van der Waals surface area contributed by atoms with E-state index in [9.17, 15) is 4.79 Å². The molecule has 1 fully saturated rings. The van der Waals surface area contributed by atoms with Gasteiger partial charge in [-0.3, -0.25) is 14.7 Å². The van der Waals surface area contributed by atoms with E-state index >= 15 is 0 Å². The minimum absolute atomic E-state index is 0.0665. The molecule has 1 N–H and O–H groups in total. The van der Waals surface area contributed by atoms with E-state index in [-0.39, 0.29) is 11.9 Å². The molecule has 0 spiro atoms. The van der Waals surface area contributed by atoms with Crippen molar-refractivity contribution in [2.45, 2.75) is 31.8 Å². The molecule has 4 nitrogen and oxygen atoms in total. The maximum atomic E-state index is 12.4. The summed E-state index contributed by atoms with van der Waals surface area (Å²) < 4.78 is 0. The van der Waals surface area contributed by atoms with E-state index in [1.807, 2.05) is 43.5 Å². The van der Waals surface area contributed by atoms with Gasteiger partial charge in [0.25, 0.3) is 0 Å². The third-order valence-electron chi connectivity index (χ3n) is 4.68. The van der Waals surface area contributed by atoms with Crippen molar-refractivity contribution in [2.75, 3.05) is 13.1 Å². The van der Waals surface area contributed by atoms with Crippen LogP contribution in [0.25, 0.3) is 0 Å². The van der Waals surface area contributed by atoms with Gasteiger partial charge in [-0.05, 0) is 55.1 Å². The summed E-state index contributed by atoms with van der Waals surface area (Å²) in [6.45, 7) is 4.35. The molecule has 3 rings (SSSR count). The van der Waals surface area contributed by atoms with Gasteiger partial charge in [-0.15, -0.1) is 0 Å². The van der Waals surface area contributed by atoms with Crippen LogP contribution in [0.5, 0.6) is 0 Å². The van der Waals surface area contributed by atoms with Crippen LogP contribution in [0.4, 0.5) is 0 Å². The maximum Gasteiger partial charge on any atom is 0.237 e. The summed E-state index contributed by atoms with van der Waals surface area (Å²) in [6, 6.07) is 11.5. The van der Waals surface area contributed by atoms with Gasteiger partial charge in [-0.25, -0.2) is 0 Å². The van der Waals surface area contributed by atoms with Crippen molar-refractivity contribution < 1.29 is 4.79 Å². The molecule has 1 amide bonds. The summed E-state index contributed by atoms with van der Waals surface area (Å²) in [4.78, 5) is 18.9. The van der Waals surface area contributed by atoms with Crippen LogP contribution in [0.3, 0.4) is 0 Å². The highest BCUT2D eigenvalue weighted by Crippen LogP contribution is 2.27. The molecular formula is C19H22ClN3O. The molecule has 5 heteroatoms. The number of likely N-dealkylation sites (tertiary alicyclic amines) is 1. The van der Waals surface area contributed by atoms with Gasteiger partial charge in [0.05, 0.1) is 6.04 Å². The van der Waals surface area contributed by atoms with Crippen molar-refractivity contribution in [3.63, 3.8) is 0 Å². The van der Waals surface area contributed by atoms with Crippen molar-refractivity contribution in [1.29, 1.82) is 0 Å². The van der Waals surface area contributed by atoms with Gasteiger partial charge in [0.2, 0.25) is 5.91 Å². The molecule has 2 unspecified atom stereocenters. The van der Waals surface area contributed by atoms with Gasteiger partial charge in [0, 0.05) is 30.5 Å². The van der Waals surface area contributed by atoms with Crippen LogP contribution in [0.1, 0.15) is 30.4 Å². The normalized spacial score (nSPS) is 19.2. The number of nitrogens with zero attached hydrogens (tertiary/aromatic N) is 2. The van der Waals surface area contributed by atoms with E-state index in [0.717, 1.165) is 25.1 Å². The topological polar surface area (TPSA) is 45.2 Å². The lowest BCUT2D eigenvalue weighted by Crippen LogP contribution is -2.43. The van der Waals surface area contributed by atoms with Crippen LogP contribution in [0.2, 0.25) is 5.02 Å². The molecule has 0 saturated carbocycles. The number of hydrogen-bond donors (Lipinski definition) is 1. The van der Waals surface area contributed by atoms with E-state index in [4.69, 9.17) is 11.6 Å². The summed E-state index contributed by atoms with van der Waals surface area (Å²) in [6.07, 6.45) is 4.79. The lowest BCUT2D eigenvalue weighted by molar-refractivity contribution is -0.125. The Labute approximate surface area is 147 Å².